The summed E-state index contributed by atoms with van der Waals surface area (Å²) in [6, 6.07) is 14.8. The zero-order valence-corrected chi connectivity index (χ0v) is 15.4. The third kappa shape index (κ3) is 3.47. The molecular weight excluding hydrogens is 343 g/mol. The SMILES string of the molecule is Cn1cc(C(CC(=O)N2CCOCC2)c2ccccc2F)c2ccccc21. The van der Waals surface area contributed by atoms with Gasteiger partial charge < -0.3 is 14.2 Å². The van der Waals surface area contributed by atoms with Gasteiger partial charge in [0.2, 0.25) is 5.91 Å². The summed E-state index contributed by atoms with van der Waals surface area (Å²) in [5, 5.41) is 1.06. The molecule has 27 heavy (non-hydrogen) atoms. The fraction of sp³-hybridized carbons (Fsp3) is 0.318. The van der Waals surface area contributed by atoms with Crippen LogP contribution in [0.1, 0.15) is 23.5 Å². The molecule has 0 bridgehead atoms. The average Bonchev–Trinajstić information content (AvgIpc) is 3.04. The third-order valence-corrected chi connectivity index (χ3v) is 5.33. The molecule has 2 aromatic carbocycles. The minimum absolute atomic E-state index is 0.0412. The zero-order chi connectivity index (χ0) is 18.8. The molecule has 1 aromatic heterocycles. The van der Waals surface area contributed by atoms with Gasteiger partial charge in [-0.3, -0.25) is 4.79 Å². The number of ether oxygens (including phenoxy) is 1. The topological polar surface area (TPSA) is 34.5 Å². The van der Waals surface area contributed by atoms with Crippen molar-refractivity contribution in [1.82, 2.24) is 9.47 Å². The van der Waals surface area contributed by atoms with E-state index in [0.29, 0.717) is 31.9 Å². The zero-order valence-electron chi connectivity index (χ0n) is 15.4. The van der Waals surface area contributed by atoms with Crippen LogP contribution in [-0.2, 0) is 16.6 Å². The summed E-state index contributed by atoms with van der Waals surface area (Å²) < 4.78 is 22.1. The van der Waals surface area contributed by atoms with Gasteiger partial charge in [0.05, 0.1) is 13.2 Å². The van der Waals surface area contributed by atoms with E-state index in [2.05, 4.69) is 0 Å². The van der Waals surface area contributed by atoms with Gasteiger partial charge in [-0.2, -0.15) is 0 Å². The highest BCUT2D eigenvalue weighted by molar-refractivity contribution is 5.86. The van der Waals surface area contributed by atoms with Crippen LogP contribution in [0.4, 0.5) is 4.39 Å². The molecule has 0 saturated carbocycles. The van der Waals surface area contributed by atoms with Gasteiger partial charge in [-0.25, -0.2) is 4.39 Å². The number of aryl methyl sites for hydroxylation is 1. The van der Waals surface area contributed by atoms with E-state index < -0.39 is 0 Å². The molecule has 0 radical (unpaired) electrons. The summed E-state index contributed by atoms with van der Waals surface area (Å²) in [6.07, 6.45) is 2.27. The lowest BCUT2D eigenvalue weighted by atomic mass is 9.87. The Kier molecular flexibility index (Phi) is 4.94. The number of amides is 1. The lowest BCUT2D eigenvalue weighted by Crippen LogP contribution is -2.41. The number of para-hydroxylation sites is 1. The second kappa shape index (κ2) is 7.53. The Hall–Kier alpha value is -2.66. The van der Waals surface area contributed by atoms with Gasteiger partial charge >= 0.3 is 0 Å². The number of halogens is 1. The van der Waals surface area contributed by atoms with Crippen molar-refractivity contribution in [2.45, 2.75) is 12.3 Å². The highest BCUT2D eigenvalue weighted by Crippen LogP contribution is 2.36. The minimum Gasteiger partial charge on any atom is -0.378 e. The second-order valence-electron chi connectivity index (χ2n) is 6.98. The quantitative estimate of drug-likeness (QED) is 0.706. The molecule has 1 saturated heterocycles. The Bertz CT molecular complexity index is 960. The van der Waals surface area contributed by atoms with Crippen molar-refractivity contribution in [2.75, 3.05) is 26.3 Å². The van der Waals surface area contributed by atoms with Gasteiger partial charge in [-0.1, -0.05) is 36.4 Å². The maximum atomic E-state index is 14.7. The number of benzene rings is 2. The Morgan fingerprint density at radius 2 is 1.78 bits per heavy atom. The predicted octanol–water partition coefficient (Wildman–Crippen LogP) is 3.70. The fourth-order valence-electron chi connectivity index (χ4n) is 3.91. The van der Waals surface area contributed by atoms with Gasteiger partial charge in [0.25, 0.3) is 0 Å². The smallest absolute Gasteiger partial charge is 0.223 e. The van der Waals surface area contributed by atoms with Gasteiger partial charge in [0.1, 0.15) is 5.82 Å². The van der Waals surface area contributed by atoms with E-state index in [1.54, 1.807) is 12.1 Å². The molecule has 2 heterocycles. The molecule has 1 unspecified atom stereocenters. The van der Waals surface area contributed by atoms with Crippen LogP contribution in [0.5, 0.6) is 0 Å². The summed E-state index contributed by atoms with van der Waals surface area (Å²) in [6.45, 7) is 2.31. The summed E-state index contributed by atoms with van der Waals surface area (Å²) in [7, 11) is 1.98. The Labute approximate surface area is 158 Å². The Morgan fingerprint density at radius 1 is 1.07 bits per heavy atom. The van der Waals surface area contributed by atoms with Crippen LogP contribution in [0, 0.1) is 5.82 Å². The third-order valence-electron chi connectivity index (χ3n) is 5.33. The molecule has 1 aliphatic rings. The first-order chi connectivity index (χ1) is 13.1. The first-order valence-electron chi connectivity index (χ1n) is 9.29. The number of morpholine rings is 1. The number of nitrogens with zero attached hydrogens (tertiary/aromatic N) is 2. The van der Waals surface area contributed by atoms with Crippen molar-refractivity contribution in [3.8, 4) is 0 Å². The van der Waals surface area contributed by atoms with Crippen LogP contribution in [0.15, 0.2) is 54.7 Å². The van der Waals surface area contributed by atoms with E-state index >= 15 is 0 Å². The van der Waals surface area contributed by atoms with Gasteiger partial charge in [-0.15, -0.1) is 0 Å². The van der Waals surface area contributed by atoms with Crippen molar-refractivity contribution in [1.29, 1.82) is 0 Å². The van der Waals surface area contributed by atoms with E-state index in [9.17, 15) is 9.18 Å². The number of aromatic nitrogens is 1. The lowest BCUT2D eigenvalue weighted by molar-refractivity contribution is -0.135. The van der Waals surface area contributed by atoms with E-state index in [1.807, 2.05) is 53.0 Å². The Balaban J connectivity index is 1.76. The van der Waals surface area contributed by atoms with Gasteiger partial charge in [-0.05, 0) is 23.3 Å². The number of hydrogen-bond acceptors (Lipinski definition) is 2. The van der Waals surface area contributed by atoms with Crippen LogP contribution >= 0.6 is 0 Å². The van der Waals surface area contributed by atoms with Crippen molar-refractivity contribution in [3.63, 3.8) is 0 Å². The maximum absolute atomic E-state index is 14.7. The molecule has 5 heteroatoms. The predicted molar refractivity (Wildman–Crippen MR) is 103 cm³/mol. The molecule has 4 rings (SSSR count). The largest absolute Gasteiger partial charge is 0.378 e. The molecule has 1 fully saturated rings. The summed E-state index contributed by atoms with van der Waals surface area (Å²) in [5.74, 6) is -0.558. The molecule has 140 valence electrons. The lowest BCUT2D eigenvalue weighted by Gasteiger charge is -2.28. The van der Waals surface area contributed by atoms with Gasteiger partial charge in [0, 0.05) is 49.6 Å². The number of rotatable bonds is 4. The normalized spacial score (nSPS) is 15.9. The molecule has 1 aliphatic heterocycles. The van der Waals surface area contributed by atoms with Crippen LogP contribution in [0.3, 0.4) is 0 Å². The highest BCUT2D eigenvalue weighted by Gasteiger charge is 2.27. The average molecular weight is 366 g/mol. The number of carbonyl (C=O) groups excluding carboxylic acids is 1. The minimum atomic E-state index is -0.326. The van der Waals surface area contributed by atoms with Crippen molar-refractivity contribution in [2.24, 2.45) is 7.05 Å². The van der Waals surface area contributed by atoms with E-state index in [0.717, 1.165) is 16.5 Å². The molecule has 0 aliphatic carbocycles. The molecule has 3 aromatic rings. The molecule has 4 nitrogen and oxygen atoms in total. The molecular formula is C22H23FN2O2. The van der Waals surface area contributed by atoms with E-state index in [1.165, 1.54) is 6.07 Å². The van der Waals surface area contributed by atoms with Crippen LogP contribution in [0.25, 0.3) is 10.9 Å². The molecule has 0 N–H and O–H groups in total. The summed E-state index contributed by atoms with van der Waals surface area (Å²) in [5.41, 5.74) is 2.63. The number of carbonyl (C=O) groups is 1. The summed E-state index contributed by atoms with van der Waals surface area (Å²) in [4.78, 5) is 14.8. The first-order valence-corrected chi connectivity index (χ1v) is 9.29. The van der Waals surface area contributed by atoms with Crippen molar-refractivity contribution >= 4 is 16.8 Å². The van der Waals surface area contributed by atoms with Crippen LogP contribution < -0.4 is 0 Å². The number of hydrogen-bond donors (Lipinski definition) is 0. The van der Waals surface area contributed by atoms with Crippen LogP contribution in [-0.4, -0.2) is 41.7 Å². The number of fused-ring (bicyclic) bond motifs is 1. The fourth-order valence-corrected chi connectivity index (χ4v) is 3.91. The monoisotopic (exact) mass is 366 g/mol. The molecule has 1 atom stereocenters. The molecule has 1 amide bonds. The van der Waals surface area contributed by atoms with E-state index in [4.69, 9.17) is 4.74 Å². The van der Waals surface area contributed by atoms with Gasteiger partial charge in [0.15, 0.2) is 0 Å². The van der Waals surface area contributed by atoms with E-state index in [-0.39, 0.29) is 24.1 Å². The highest BCUT2D eigenvalue weighted by atomic mass is 19.1. The standard InChI is InChI=1S/C22H23FN2O2/c1-24-15-19(17-7-3-5-9-21(17)24)18(16-6-2-4-8-20(16)23)14-22(26)25-10-12-27-13-11-25/h2-9,15,18H,10-14H2,1H3. The maximum Gasteiger partial charge on any atom is 0.223 e. The first kappa shape index (κ1) is 17.7. The molecule has 0 spiro atoms. The second-order valence-corrected chi connectivity index (χ2v) is 6.98. The van der Waals surface area contributed by atoms with Crippen LogP contribution in [0.2, 0.25) is 0 Å². The summed E-state index contributed by atoms with van der Waals surface area (Å²) >= 11 is 0. The van der Waals surface area contributed by atoms with Crippen molar-refractivity contribution < 1.29 is 13.9 Å². The van der Waals surface area contributed by atoms with Crippen molar-refractivity contribution in [3.05, 3.63) is 71.7 Å². The Morgan fingerprint density at radius 3 is 2.56 bits per heavy atom.